The van der Waals surface area contributed by atoms with E-state index in [0.717, 1.165) is 13.1 Å². The molecule has 7 nitrogen and oxygen atoms in total. The average Bonchev–Trinajstić information content (AvgIpc) is 2.47. The lowest BCUT2D eigenvalue weighted by atomic mass is 10.1. The molecule has 1 fully saturated rings. The van der Waals surface area contributed by atoms with E-state index in [1.165, 1.54) is 12.1 Å². The summed E-state index contributed by atoms with van der Waals surface area (Å²) in [5.74, 6) is 0. The van der Waals surface area contributed by atoms with Gasteiger partial charge >= 0.3 is 0 Å². The van der Waals surface area contributed by atoms with E-state index in [2.05, 4.69) is 10.2 Å². The number of rotatable bonds is 7. The number of morpholine rings is 1. The number of ether oxygens (including phenoxy) is 1. The molecule has 1 aliphatic rings. The van der Waals surface area contributed by atoms with Crippen LogP contribution in [0, 0.1) is 10.1 Å². The van der Waals surface area contributed by atoms with Crippen LogP contribution in [0.25, 0.3) is 0 Å². The van der Waals surface area contributed by atoms with Crippen LogP contribution in [0.15, 0.2) is 18.2 Å². The van der Waals surface area contributed by atoms with Crippen molar-refractivity contribution in [2.45, 2.75) is 19.1 Å². The summed E-state index contributed by atoms with van der Waals surface area (Å²) < 4.78 is 5.28. The Morgan fingerprint density at radius 3 is 2.83 bits per heavy atom. The van der Waals surface area contributed by atoms with Crippen molar-refractivity contribution in [3.05, 3.63) is 38.9 Å². The number of benzene rings is 1. The molecule has 0 aromatic heterocycles. The Hall–Kier alpha value is -1.25. The van der Waals surface area contributed by atoms with Gasteiger partial charge in [-0.3, -0.25) is 15.0 Å². The molecule has 0 aliphatic carbocycles. The van der Waals surface area contributed by atoms with Crippen LogP contribution in [-0.2, 0) is 11.3 Å². The van der Waals surface area contributed by atoms with E-state index in [-0.39, 0.29) is 12.2 Å². The SMILES string of the molecule is CC(O)(CNCc1cc(Cl)ccc1[N+](=O)[O-])CN1CCOCC1. The van der Waals surface area contributed by atoms with E-state index in [4.69, 9.17) is 16.3 Å². The van der Waals surface area contributed by atoms with Gasteiger partial charge in [-0.2, -0.15) is 0 Å². The van der Waals surface area contributed by atoms with Gasteiger partial charge in [-0.1, -0.05) is 11.6 Å². The number of nitro benzene ring substituents is 1. The van der Waals surface area contributed by atoms with Gasteiger partial charge in [0.1, 0.15) is 0 Å². The van der Waals surface area contributed by atoms with E-state index < -0.39 is 10.5 Å². The first kappa shape index (κ1) is 18.1. The number of halogens is 1. The molecule has 23 heavy (non-hydrogen) atoms. The van der Waals surface area contributed by atoms with Crippen molar-refractivity contribution in [3.63, 3.8) is 0 Å². The average molecular weight is 344 g/mol. The Bertz CT molecular complexity index is 548. The van der Waals surface area contributed by atoms with Crippen LogP contribution in [0.1, 0.15) is 12.5 Å². The number of nitrogens with one attached hydrogen (secondary N) is 1. The van der Waals surface area contributed by atoms with E-state index in [9.17, 15) is 15.2 Å². The molecule has 1 aromatic rings. The lowest BCUT2D eigenvalue weighted by molar-refractivity contribution is -0.385. The predicted octanol–water partition coefficient (Wildman–Crippen LogP) is 1.42. The summed E-state index contributed by atoms with van der Waals surface area (Å²) in [5, 5.41) is 25.0. The van der Waals surface area contributed by atoms with Gasteiger partial charge in [-0.25, -0.2) is 0 Å². The van der Waals surface area contributed by atoms with Gasteiger partial charge in [0.05, 0.1) is 23.7 Å². The molecular weight excluding hydrogens is 322 g/mol. The second kappa shape index (κ2) is 8.03. The van der Waals surface area contributed by atoms with Gasteiger partial charge in [0, 0.05) is 49.4 Å². The van der Waals surface area contributed by atoms with E-state index >= 15 is 0 Å². The highest BCUT2D eigenvalue weighted by atomic mass is 35.5. The normalized spacial score (nSPS) is 18.6. The van der Waals surface area contributed by atoms with Crippen molar-refractivity contribution in [2.24, 2.45) is 0 Å². The first-order valence-corrected chi connectivity index (χ1v) is 7.91. The molecule has 0 saturated carbocycles. The highest BCUT2D eigenvalue weighted by Crippen LogP contribution is 2.22. The van der Waals surface area contributed by atoms with Crippen molar-refractivity contribution in [1.29, 1.82) is 0 Å². The standard InChI is InChI=1S/C15H22ClN3O4/c1-15(20,11-18-4-6-23-7-5-18)10-17-9-12-8-13(16)2-3-14(12)19(21)22/h2-3,8,17,20H,4-7,9-11H2,1H3. The zero-order chi connectivity index (χ0) is 16.9. The summed E-state index contributed by atoms with van der Waals surface area (Å²) in [6.45, 7) is 5.84. The van der Waals surface area contributed by atoms with Crippen LogP contribution in [-0.4, -0.2) is 59.9 Å². The van der Waals surface area contributed by atoms with Crippen molar-refractivity contribution >= 4 is 17.3 Å². The lowest BCUT2D eigenvalue weighted by Crippen LogP contribution is -2.50. The molecule has 1 saturated heterocycles. The van der Waals surface area contributed by atoms with Crippen molar-refractivity contribution in [1.82, 2.24) is 10.2 Å². The summed E-state index contributed by atoms with van der Waals surface area (Å²) in [4.78, 5) is 12.7. The minimum absolute atomic E-state index is 0.0229. The maximum atomic E-state index is 11.0. The quantitative estimate of drug-likeness (QED) is 0.575. The molecule has 8 heteroatoms. The highest BCUT2D eigenvalue weighted by molar-refractivity contribution is 6.30. The molecule has 1 unspecified atom stereocenters. The molecule has 128 valence electrons. The van der Waals surface area contributed by atoms with Crippen LogP contribution in [0.3, 0.4) is 0 Å². The molecule has 2 rings (SSSR count). The fraction of sp³-hybridized carbons (Fsp3) is 0.600. The largest absolute Gasteiger partial charge is 0.388 e. The molecule has 2 N–H and O–H groups in total. The summed E-state index contributed by atoms with van der Waals surface area (Å²) in [5.41, 5.74) is -0.399. The predicted molar refractivity (Wildman–Crippen MR) is 87.7 cm³/mol. The maximum Gasteiger partial charge on any atom is 0.273 e. The van der Waals surface area contributed by atoms with Crippen LogP contribution < -0.4 is 5.32 Å². The first-order chi connectivity index (χ1) is 10.9. The molecule has 0 spiro atoms. The molecule has 0 radical (unpaired) electrons. The summed E-state index contributed by atoms with van der Waals surface area (Å²) in [6.07, 6.45) is 0. The molecule has 0 amide bonds. The van der Waals surface area contributed by atoms with Gasteiger partial charge in [0.2, 0.25) is 0 Å². The Morgan fingerprint density at radius 2 is 2.17 bits per heavy atom. The lowest BCUT2D eigenvalue weighted by Gasteiger charge is -2.34. The third-order valence-electron chi connectivity index (χ3n) is 3.73. The van der Waals surface area contributed by atoms with Crippen LogP contribution in [0.2, 0.25) is 5.02 Å². The second-order valence-corrected chi connectivity index (χ2v) is 6.46. The number of hydrogen-bond acceptors (Lipinski definition) is 6. The van der Waals surface area contributed by atoms with Gasteiger partial charge in [-0.15, -0.1) is 0 Å². The number of nitrogens with zero attached hydrogens (tertiary/aromatic N) is 2. The van der Waals surface area contributed by atoms with E-state index in [1.54, 1.807) is 13.0 Å². The summed E-state index contributed by atoms with van der Waals surface area (Å²) in [6, 6.07) is 4.46. The van der Waals surface area contributed by atoms with E-state index in [1.807, 2.05) is 0 Å². The second-order valence-electron chi connectivity index (χ2n) is 6.02. The van der Waals surface area contributed by atoms with Gasteiger partial charge in [-0.05, 0) is 19.1 Å². The molecule has 1 atom stereocenters. The third-order valence-corrected chi connectivity index (χ3v) is 3.96. The Kier molecular flexibility index (Phi) is 6.32. The van der Waals surface area contributed by atoms with Gasteiger partial charge < -0.3 is 15.2 Å². The zero-order valence-corrected chi connectivity index (χ0v) is 13.9. The molecular formula is C15H22ClN3O4. The van der Waals surface area contributed by atoms with Crippen LogP contribution >= 0.6 is 11.6 Å². The third kappa shape index (κ3) is 5.71. The summed E-state index contributed by atoms with van der Waals surface area (Å²) in [7, 11) is 0. The fourth-order valence-corrected chi connectivity index (χ4v) is 2.83. The topological polar surface area (TPSA) is 87.9 Å². The first-order valence-electron chi connectivity index (χ1n) is 7.53. The van der Waals surface area contributed by atoms with Gasteiger partial charge in [0.15, 0.2) is 0 Å². The minimum atomic E-state index is -0.926. The Labute approximate surface area is 140 Å². The van der Waals surface area contributed by atoms with Crippen LogP contribution in [0.4, 0.5) is 5.69 Å². The Balaban J connectivity index is 1.88. The van der Waals surface area contributed by atoms with Gasteiger partial charge in [0.25, 0.3) is 5.69 Å². The number of aliphatic hydroxyl groups is 1. The zero-order valence-electron chi connectivity index (χ0n) is 13.1. The molecule has 1 heterocycles. The fourth-order valence-electron chi connectivity index (χ4n) is 2.64. The van der Waals surface area contributed by atoms with Crippen molar-refractivity contribution in [3.8, 4) is 0 Å². The molecule has 1 aliphatic heterocycles. The monoisotopic (exact) mass is 343 g/mol. The highest BCUT2D eigenvalue weighted by Gasteiger charge is 2.25. The maximum absolute atomic E-state index is 11.0. The van der Waals surface area contributed by atoms with Crippen molar-refractivity contribution < 1.29 is 14.8 Å². The smallest absolute Gasteiger partial charge is 0.273 e. The summed E-state index contributed by atoms with van der Waals surface area (Å²) >= 11 is 5.90. The molecule has 0 bridgehead atoms. The molecule has 1 aromatic carbocycles. The van der Waals surface area contributed by atoms with E-state index in [0.29, 0.717) is 36.9 Å². The number of nitro groups is 1. The van der Waals surface area contributed by atoms with Crippen LogP contribution in [0.5, 0.6) is 0 Å². The minimum Gasteiger partial charge on any atom is -0.388 e. The number of hydrogen-bond donors (Lipinski definition) is 2. The van der Waals surface area contributed by atoms with Crippen molar-refractivity contribution in [2.75, 3.05) is 39.4 Å². The number of β-amino-alcohol motifs (C(OH)–C–C–N with tert-alkyl or cyclic N) is 1. The Morgan fingerprint density at radius 1 is 1.48 bits per heavy atom.